The number of hydrogen-bond donors (Lipinski definition) is 1. The van der Waals surface area contributed by atoms with Gasteiger partial charge in [0.15, 0.2) is 0 Å². The van der Waals surface area contributed by atoms with E-state index in [1.165, 1.54) is 0 Å². The van der Waals surface area contributed by atoms with Gasteiger partial charge in [-0.05, 0) is 32.9 Å². The molecule has 0 unspecified atom stereocenters. The number of rotatable bonds is 2. The van der Waals surface area contributed by atoms with E-state index in [1.807, 2.05) is 12.3 Å². The lowest BCUT2D eigenvalue weighted by Crippen LogP contribution is -2.40. The lowest BCUT2D eigenvalue weighted by Gasteiger charge is -2.29. The van der Waals surface area contributed by atoms with Crippen LogP contribution in [0.15, 0.2) is 5.38 Å². The Morgan fingerprint density at radius 1 is 1.57 bits per heavy atom. The summed E-state index contributed by atoms with van der Waals surface area (Å²) in [6.07, 6.45) is 1.71. The fourth-order valence-electron chi connectivity index (χ4n) is 1.87. The van der Waals surface area contributed by atoms with Gasteiger partial charge in [0.2, 0.25) is 0 Å². The molecule has 0 radical (unpaired) electrons. The van der Waals surface area contributed by atoms with E-state index in [0.717, 1.165) is 23.8 Å². The van der Waals surface area contributed by atoms with E-state index in [2.05, 4.69) is 10.3 Å². The summed E-state index contributed by atoms with van der Waals surface area (Å²) in [4.78, 5) is 4.31. The molecular weight excluding hydrogens is 199 g/mol. The Kier molecular flexibility index (Phi) is 2.83. The molecule has 2 nitrogen and oxygen atoms in total. The first kappa shape index (κ1) is 10.1. The zero-order valence-corrected chi connectivity index (χ0v) is 9.16. The van der Waals surface area contributed by atoms with Gasteiger partial charge in [0.25, 0.3) is 0 Å². The van der Waals surface area contributed by atoms with Gasteiger partial charge in [0.05, 0.1) is 10.7 Å². The number of aromatic nitrogens is 1. The molecule has 0 saturated carbocycles. The van der Waals surface area contributed by atoms with Crippen molar-refractivity contribution in [1.29, 1.82) is 0 Å². The minimum absolute atomic E-state index is 0.485. The zero-order chi connectivity index (χ0) is 10.0. The average molecular weight is 214 g/mol. The SMILES string of the molecule is Cc1nc(CC2(F)CCNCC2)cs1. The number of aryl methyl sites for hydroxylation is 1. The van der Waals surface area contributed by atoms with E-state index in [-0.39, 0.29) is 0 Å². The molecule has 1 fully saturated rings. The third-order valence-corrected chi connectivity index (χ3v) is 3.49. The highest BCUT2D eigenvalue weighted by atomic mass is 32.1. The number of nitrogens with one attached hydrogen (secondary N) is 1. The molecule has 0 aromatic carbocycles. The van der Waals surface area contributed by atoms with Crippen LogP contribution in [0, 0.1) is 6.92 Å². The summed E-state index contributed by atoms with van der Waals surface area (Å²) in [6, 6.07) is 0. The standard InChI is InChI=1S/C10H15FN2S/c1-8-13-9(7-14-8)6-10(11)2-4-12-5-3-10/h7,12H,2-6H2,1H3. The van der Waals surface area contributed by atoms with Crippen LogP contribution in [0.25, 0.3) is 0 Å². The topological polar surface area (TPSA) is 24.9 Å². The van der Waals surface area contributed by atoms with Crippen molar-refractivity contribution in [3.63, 3.8) is 0 Å². The van der Waals surface area contributed by atoms with Crippen molar-refractivity contribution in [2.75, 3.05) is 13.1 Å². The first-order valence-electron chi connectivity index (χ1n) is 4.99. The Morgan fingerprint density at radius 3 is 2.86 bits per heavy atom. The number of hydrogen-bond acceptors (Lipinski definition) is 3. The molecule has 0 spiro atoms. The molecule has 1 saturated heterocycles. The van der Waals surface area contributed by atoms with E-state index in [4.69, 9.17) is 0 Å². The highest BCUT2D eigenvalue weighted by Gasteiger charge is 2.32. The molecule has 1 N–H and O–H groups in total. The largest absolute Gasteiger partial charge is 0.316 e. The minimum Gasteiger partial charge on any atom is -0.316 e. The predicted octanol–water partition coefficient (Wildman–Crippen LogP) is 2.09. The van der Waals surface area contributed by atoms with Crippen LogP contribution in [-0.2, 0) is 6.42 Å². The second-order valence-corrected chi connectivity index (χ2v) is 5.00. The molecule has 0 bridgehead atoms. The Bertz CT molecular complexity index is 305. The zero-order valence-electron chi connectivity index (χ0n) is 8.35. The van der Waals surface area contributed by atoms with E-state index < -0.39 is 5.67 Å². The molecule has 2 heterocycles. The second kappa shape index (κ2) is 3.95. The molecule has 0 atom stereocenters. The van der Waals surface area contributed by atoms with E-state index in [9.17, 15) is 4.39 Å². The summed E-state index contributed by atoms with van der Waals surface area (Å²) in [5.74, 6) is 0. The Labute approximate surface area is 87.6 Å². The second-order valence-electron chi connectivity index (χ2n) is 3.94. The van der Waals surface area contributed by atoms with Gasteiger partial charge in [-0.25, -0.2) is 9.37 Å². The van der Waals surface area contributed by atoms with E-state index in [1.54, 1.807) is 11.3 Å². The molecule has 1 aliphatic rings. The smallest absolute Gasteiger partial charge is 0.119 e. The molecule has 1 aliphatic heterocycles. The number of nitrogens with zero attached hydrogens (tertiary/aromatic N) is 1. The number of thiazole rings is 1. The summed E-state index contributed by atoms with van der Waals surface area (Å²) in [5.41, 5.74) is -0.108. The van der Waals surface area contributed by atoms with Crippen LogP contribution in [0.3, 0.4) is 0 Å². The van der Waals surface area contributed by atoms with Crippen LogP contribution >= 0.6 is 11.3 Å². The molecule has 0 amide bonds. The lowest BCUT2D eigenvalue weighted by atomic mass is 9.90. The van der Waals surface area contributed by atoms with E-state index in [0.29, 0.717) is 19.3 Å². The maximum atomic E-state index is 14.2. The van der Waals surface area contributed by atoms with Crippen LogP contribution in [0.2, 0.25) is 0 Å². The highest BCUT2D eigenvalue weighted by Crippen LogP contribution is 2.28. The van der Waals surface area contributed by atoms with Crippen molar-refractivity contribution in [1.82, 2.24) is 10.3 Å². The van der Waals surface area contributed by atoms with Gasteiger partial charge in [0.1, 0.15) is 5.67 Å². The van der Waals surface area contributed by atoms with Gasteiger partial charge in [-0.15, -0.1) is 11.3 Å². The fourth-order valence-corrected chi connectivity index (χ4v) is 2.48. The molecule has 1 aromatic rings. The molecule has 4 heteroatoms. The Balaban J connectivity index is 2.01. The van der Waals surface area contributed by atoms with Crippen molar-refractivity contribution in [2.45, 2.75) is 31.9 Å². The maximum Gasteiger partial charge on any atom is 0.119 e. The molecule has 14 heavy (non-hydrogen) atoms. The first-order chi connectivity index (χ1) is 6.68. The highest BCUT2D eigenvalue weighted by molar-refractivity contribution is 7.09. The first-order valence-corrected chi connectivity index (χ1v) is 5.87. The summed E-state index contributed by atoms with van der Waals surface area (Å²) in [7, 11) is 0. The van der Waals surface area contributed by atoms with Crippen LogP contribution in [0.1, 0.15) is 23.5 Å². The van der Waals surface area contributed by atoms with Gasteiger partial charge in [0, 0.05) is 11.8 Å². The normalized spacial score (nSPS) is 21.0. The number of halogens is 1. The van der Waals surface area contributed by atoms with Crippen molar-refractivity contribution in [2.24, 2.45) is 0 Å². The fraction of sp³-hybridized carbons (Fsp3) is 0.700. The van der Waals surface area contributed by atoms with Crippen molar-refractivity contribution in [3.8, 4) is 0 Å². The van der Waals surface area contributed by atoms with Gasteiger partial charge in [-0.2, -0.15) is 0 Å². The summed E-state index contributed by atoms with van der Waals surface area (Å²) >= 11 is 1.60. The van der Waals surface area contributed by atoms with Gasteiger partial charge < -0.3 is 5.32 Å². The summed E-state index contributed by atoms with van der Waals surface area (Å²) in [6.45, 7) is 3.54. The van der Waals surface area contributed by atoms with Crippen LogP contribution < -0.4 is 5.32 Å². The third-order valence-electron chi connectivity index (χ3n) is 2.66. The molecular formula is C10H15FN2S. The molecule has 1 aromatic heterocycles. The van der Waals surface area contributed by atoms with Gasteiger partial charge in [-0.1, -0.05) is 0 Å². The lowest BCUT2D eigenvalue weighted by molar-refractivity contribution is 0.115. The van der Waals surface area contributed by atoms with Crippen molar-refractivity contribution >= 4 is 11.3 Å². The number of piperidine rings is 1. The Hall–Kier alpha value is -0.480. The monoisotopic (exact) mass is 214 g/mol. The maximum absolute atomic E-state index is 14.2. The summed E-state index contributed by atoms with van der Waals surface area (Å²) in [5, 5.41) is 6.17. The van der Waals surface area contributed by atoms with E-state index >= 15 is 0 Å². The van der Waals surface area contributed by atoms with Crippen molar-refractivity contribution < 1.29 is 4.39 Å². The summed E-state index contributed by atoms with van der Waals surface area (Å²) < 4.78 is 14.2. The average Bonchev–Trinajstić information content (AvgIpc) is 2.51. The minimum atomic E-state index is -1.02. The van der Waals surface area contributed by atoms with Crippen LogP contribution in [-0.4, -0.2) is 23.7 Å². The van der Waals surface area contributed by atoms with Gasteiger partial charge >= 0.3 is 0 Å². The Morgan fingerprint density at radius 2 is 2.29 bits per heavy atom. The third kappa shape index (κ3) is 2.30. The molecule has 0 aliphatic carbocycles. The molecule has 2 rings (SSSR count). The van der Waals surface area contributed by atoms with Crippen molar-refractivity contribution in [3.05, 3.63) is 16.1 Å². The predicted molar refractivity (Wildman–Crippen MR) is 56.5 cm³/mol. The van der Waals surface area contributed by atoms with Gasteiger partial charge in [-0.3, -0.25) is 0 Å². The quantitative estimate of drug-likeness (QED) is 0.815. The molecule has 78 valence electrons. The van der Waals surface area contributed by atoms with Crippen LogP contribution in [0.5, 0.6) is 0 Å². The van der Waals surface area contributed by atoms with Crippen LogP contribution in [0.4, 0.5) is 4.39 Å². The number of alkyl halides is 1.